The molecule has 3 aromatic carbocycles. The molecule has 0 spiro atoms. The first-order chi connectivity index (χ1) is 19.4. The standard InChI is InChI=1S/C33H39NO6/c1-33(2,3)39-32(35)29-19-27-30(37-21-25-15-9-5-10-16-25)31(38-22-26-17-11-6-12-18-26)28(34(27)40-29)23-36-20-24-13-7-4-8-14-24/h4-18,27-31H,19-23H2,1-3H3/t27-,28+,29-,30-,31+/m0/s1. The SMILES string of the molecule is CC(C)(C)OC(=O)[C@@H]1C[C@H]2[C@H](OCc3ccccc3)[C@H](OCc3ccccc3)[C@@H](COCc3ccccc3)N2O1. The highest BCUT2D eigenvalue weighted by atomic mass is 16.7. The molecular formula is C33H39NO6. The van der Waals surface area contributed by atoms with Crippen LogP contribution in [0.3, 0.4) is 0 Å². The number of ether oxygens (including phenoxy) is 4. The first-order valence-electron chi connectivity index (χ1n) is 14.0. The van der Waals surface area contributed by atoms with Gasteiger partial charge in [0, 0.05) is 6.42 Å². The van der Waals surface area contributed by atoms with Gasteiger partial charge in [0.2, 0.25) is 0 Å². The van der Waals surface area contributed by atoms with Gasteiger partial charge in [-0.2, -0.15) is 5.06 Å². The van der Waals surface area contributed by atoms with Crippen LogP contribution in [0, 0.1) is 0 Å². The number of fused-ring (bicyclic) bond motifs is 1. The summed E-state index contributed by atoms with van der Waals surface area (Å²) in [6, 6.07) is 29.8. The molecular weight excluding hydrogens is 506 g/mol. The maximum absolute atomic E-state index is 13.0. The third-order valence-corrected chi connectivity index (χ3v) is 7.08. The van der Waals surface area contributed by atoms with E-state index < -0.39 is 11.7 Å². The molecule has 5 atom stereocenters. The van der Waals surface area contributed by atoms with Crippen molar-refractivity contribution in [3.05, 3.63) is 108 Å². The number of carbonyl (C=O) groups excluding carboxylic acids is 1. The molecule has 2 aliphatic heterocycles. The summed E-state index contributed by atoms with van der Waals surface area (Å²) in [5.41, 5.74) is 2.63. The molecule has 7 heteroatoms. The predicted octanol–water partition coefficient (Wildman–Crippen LogP) is 5.47. The van der Waals surface area contributed by atoms with Crippen molar-refractivity contribution in [3.63, 3.8) is 0 Å². The van der Waals surface area contributed by atoms with Crippen molar-refractivity contribution >= 4 is 5.97 Å². The van der Waals surface area contributed by atoms with E-state index >= 15 is 0 Å². The van der Waals surface area contributed by atoms with Gasteiger partial charge >= 0.3 is 5.97 Å². The average molecular weight is 546 g/mol. The highest BCUT2D eigenvalue weighted by Gasteiger charge is 2.57. The summed E-state index contributed by atoms with van der Waals surface area (Å²) in [6.07, 6.45) is -0.918. The van der Waals surface area contributed by atoms with Gasteiger partial charge in [0.25, 0.3) is 0 Å². The van der Waals surface area contributed by atoms with E-state index in [9.17, 15) is 4.79 Å². The lowest BCUT2D eigenvalue weighted by atomic mass is 10.0. The fourth-order valence-corrected chi connectivity index (χ4v) is 5.27. The van der Waals surface area contributed by atoms with Crippen molar-refractivity contribution in [1.82, 2.24) is 5.06 Å². The van der Waals surface area contributed by atoms with Gasteiger partial charge in [-0.05, 0) is 37.5 Å². The average Bonchev–Trinajstić information content (AvgIpc) is 3.50. The van der Waals surface area contributed by atoms with Crippen molar-refractivity contribution in [2.24, 2.45) is 0 Å². The Morgan fingerprint density at radius 2 is 1.27 bits per heavy atom. The molecule has 0 unspecified atom stereocenters. The molecule has 0 aliphatic carbocycles. The minimum atomic E-state index is -0.709. The summed E-state index contributed by atoms with van der Waals surface area (Å²) in [6.45, 7) is 7.27. The summed E-state index contributed by atoms with van der Waals surface area (Å²) in [4.78, 5) is 19.3. The van der Waals surface area contributed by atoms with E-state index in [-0.39, 0.29) is 30.3 Å². The summed E-state index contributed by atoms with van der Waals surface area (Å²) in [7, 11) is 0. The monoisotopic (exact) mass is 545 g/mol. The van der Waals surface area contributed by atoms with E-state index in [2.05, 4.69) is 0 Å². The van der Waals surface area contributed by atoms with Gasteiger partial charge in [-0.15, -0.1) is 0 Å². The number of hydrogen-bond donors (Lipinski definition) is 0. The largest absolute Gasteiger partial charge is 0.458 e. The van der Waals surface area contributed by atoms with Gasteiger partial charge < -0.3 is 18.9 Å². The Kier molecular flexibility index (Phi) is 9.29. The Morgan fingerprint density at radius 1 is 0.775 bits per heavy atom. The molecule has 2 saturated heterocycles. The molecule has 0 amide bonds. The van der Waals surface area contributed by atoms with Gasteiger partial charge in [0.05, 0.1) is 38.5 Å². The van der Waals surface area contributed by atoms with Crippen LogP contribution in [0.1, 0.15) is 43.9 Å². The number of hydroxylamine groups is 2. The van der Waals surface area contributed by atoms with Gasteiger partial charge in [-0.3, -0.25) is 4.84 Å². The highest BCUT2D eigenvalue weighted by molar-refractivity contribution is 5.75. The minimum absolute atomic E-state index is 0.188. The highest BCUT2D eigenvalue weighted by Crippen LogP contribution is 2.40. The number of rotatable bonds is 11. The quantitative estimate of drug-likeness (QED) is 0.296. The lowest BCUT2D eigenvalue weighted by molar-refractivity contribution is -0.213. The van der Waals surface area contributed by atoms with Crippen molar-refractivity contribution < 1.29 is 28.6 Å². The second kappa shape index (κ2) is 13.1. The lowest BCUT2D eigenvalue weighted by Gasteiger charge is -2.29. The number of esters is 1. The lowest BCUT2D eigenvalue weighted by Crippen LogP contribution is -2.43. The molecule has 0 saturated carbocycles. The summed E-state index contributed by atoms with van der Waals surface area (Å²) in [5.74, 6) is -0.366. The van der Waals surface area contributed by atoms with Crippen LogP contribution < -0.4 is 0 Å². The molecule has 2 fully saturated rings. The summed E-state index contributed by atoms with van der Waals surface area (Å²) >= 11 is 0. The van der Waals surface area contributed by atoms with E-state index in [1.807, 2.05) is 117 Å². The maximum atomic E-state index is 13.0. The predicted molar refractivity (Wildman–Crippen MR) is 151 cm³/mol. The van der Waals surface area contributed by atoms with Crippen molar-refractivity contribution in [3.8, 4) is 0 Å². The van der Waals surface area contributed by atoms with Gasteiger partial charge in [0.1, 0.15) is 17.8 Å². The third kappa shape index (κ3) is 7.36. The molecule has 2 heterocycles. The number of carbonyl (C=O) groups is 1. The zero-order valence-corrected chi connectivity index (χ0v) is 23.5. The Hall–Kier alpha value is -3.07. The Labute approximate surface area is 236 Å². The minimum Gasteiger partial charge on any atom is -0.458 e. The van der Waals surface area contributed by atoms with E-state index in [4.69, 9.17) is 23.8 Å². The smallest absolute Gasteiger partial charge is 0.338 e. The molecule has 40 heavy (non-hydrogen) atoms. The van der Waals surface area contributed by atoms with Gasteiger partial charge in [-0.25, -0.2) is 4.79 Å². The van der Waals surface area contributed by atoms with Crippen LogP contribution in [0.4, 0.5) is 0 Å². The van der Waals surface area contributed by atoms with E-state index in [1.165, 1.54) is 0 Å². The maximum Gasteiger partial charge on any atom is 0.338 e. The summed E-state index contributed by atoms with van der Waals surface area (Å²) in [5, 5.41) is 1.88. The molecule has 0 aromatic heterocycles. The zero-order valence-electron chi connectivity index (χ0n) is 23.5. The van der Waals surface area contributed by atoms with E-state index in [0.717, 1.165) is 16.7 Å². The molecule has 212 valence electrons. The van der Waals surface area contributed by atoms with Crippen LogP contribution in [-0.2, 0) is 48.4 Å². The van der Waals surface area contributed by atoms with E-state index in [1.54, 1.807) is 0 Å². The molecule has 0 bridgehead atoms. The van der Waals surface area contributed by atoms with E-state index in [0.29, 0.717) is 32.8 Å². The first kappa shape index (κ1) is 28.5. The van der Waals surface area contributed by atoms with Crippen LogP contribution >= 0.6 is 0 Å². The van der Waals surface area contributed by atoms with Crippen molar-refractivity contribution in [2.45, 2.75) is 83.0 Å². The molecule has 5 rings (SSSR count). The number of nitrogens with zero attached hydrogens (tertiary/aromatic N) is 1. The fourth-order valence-electron chi connectivity index (χ4n) is 5.27. The molecule has 0 radical (unpaired) electrons. The van der Waals surface area contributed by atoms with Crippen molar-refractivity contribution in [1.29, 1.82) is 0 Å². The van der Waals surface area contributed by atoms with Crippen LogP contribution in [0.15, 0.2) is 91.0 Å². The fraction of sp³-hybridized carbons (Fsp3) is 0.424. The van der Waals surface area contributed by atoms with Crippen LogP contribution in [-0.4, -0.2) is 53.6 Å². The molecule has 2 aliphatic rings. The van der Waals surface area contributed by atoms with Crippen LogP contribution in [0.25, 0.3) is 0 Å². The second-order valence-electron chi connectivity index (χ2n) is 11.4. The molecule has 3 aromatic rings. The van der Waals surface area contributed by atoms with Crippen molar-refractivity contribution in [2.75, 3.05) is 6.61 Å². The zero-order chi connectivity index (χ0) is 28.0. The molecule has 7 nitrogen and oxygen atoms in total. The Balaban J connectivity index is 1.36. The van der Waals surface area contributed by atoms with Gasteiger partial charge in [-0.1, -0.05) is 91.0 Å². The van der Waals surface area contributed by atoms with Crippen LogP contribution in [0.2, 0.25) is 0 Å². The first-order valence-corrected chi connectivity index (χ1v) is 14.0. The van der Waals surface area contributed by atoms with Gasteiger partial charge in [0.15, 0.2) is 6.10 Å². The Bertz CT molecular complexity index is 1200. The summed E-state index contributed by atoms with van der Waals surface area (Å²) < 4.78 is 25.0. The van der Waals surface area contributed by atoms with Crippen LogP contribution in [0.5, 0.6) is 0 Å². The normalized spacial score (nSPS) is 24.6. The number of benzene rings is 3. The molecule has 0 N–H and O–H groups in total. The topological polar surface area (TPSA) is 66.5 Å². The third-order valence-electron chi connectivity index (χ3n) is 7.08. The second-order valence-corrected chi connectivity index (χ2v) is 11.4. The Morgan fingerprint density at radius 3 is 1.80 bits per heavy atom. The number of hydrogen-bond acceptors (Lipinski definition) is 7.